The highest BCUT2D eigenvalue weighted by molar-refractivity contribution is 6.07. The number of benzene rings is 2. The summed E-state index contributed by atoms with van der Waals surface area (Å²) in [4.78, 5) is 25.2. The van der Waals surface area contributed by atoms with Gasteiger partial charge in [-0.15, -0.1) is 0 Å². The molecule has 0 saturated carbocycles. The molecule has 2 aromatic rings. The average molecular weight is 342 g/mol. The number of nitro groups is 1. The Balaban J connectivity index is 1.98. The van der Waals surface area contributed by atoms with Gasteiger partial charge in [0, 0.05) is 11.6 Å². The van der Waals surface area contributed by atoms with E-state index in [2.05, 4.69) is 0 Å². The Kier molecular flexibility index (Phi) is 4.56. The van der Waals surface area contributed by atoms with Gasteiger partial charge in [0.2, 0.25) is 0 Å². The highest BCUT2D eigenvalue weighted by Gasteiger charge is 2.27. The predicted octanol–water partition coefficient (Wildman–Crippen LogP) is 3.34. The molecule has 0 radical (unpaired) electrons. The summed E-state index contributed by atoms with van der Waals surface area (Å²) in [5.41, 5.74) is 1.70. The van der Waals surface area contributed by atoms with E-state index in [0.717, 1.165) is 5.56 Å². The Labute approximate surface area is 144 Å². The fourth-order valence-corrected chi connectivity index (χ4v) is 2.77. The Bertz CT molecular complexity index is 834. The molecule has 3 rings (SSSR count). The zero-order valence-corrected chi connectivity index (χ0v) is 14.0. The van der Waals surface area contributed by atoms with Crippen molar-refractivity contribution in [2.75, 3.05) is 24.7 Å². The summed E-state index contributed by atoms with van der Waals surface area (Å²) in [7, 11) is 0. The number of anilines is 1. The zero-order chi connectivity index (χ0) is 18.0. The van der Waals surface area contributed by atoms with Gasteiger partial charge in [0.1, 0.15) is 12.4 Å². The molecule has 0 fully saturated rings. The molecule has 7 heteroatoms. The van der Waals surface area contributed by atoms with Crippen LogP contribution in [0.4, 0.5) is 11.4 Å². The molecule has 1 heterocycles. The molecule has 130 valence electrons. The predicted molar refractivity (Wildman–Crippen MR) is 92.6 cm³/mol. The number of hydrogen-bond acceptors (Lipinski definition) is 5. The Morgan fingerprint density at radius 2 is 2.12 bits per heavy atom. The van der Waals surface area contributed by atoms with Crippen LogP contribution in [0.5, 0.6) is 11.5 Å². The number of rotatable bonds is 4. The van der Waals surface area contributed by atoms with E-state index in [4.69, 9.17) is 9.47 Å². The fraction of sp³-hybridized carbons (Fsp3) is 0.278. The minimum Gasteiger partial charge on any atom is -0.490 e. The lowest BCUT2D eigenvalue weighted by Crippen LogP contribution is -2.38. The highest BCUT2D eigenvalue weighted by Crippen LogP contribution is 2.34. The van der Waals surface area contributed by atoms with Crippen LogP contribution in [0.25, 0.3) is 0 Å². The van der Waals surface area contributed by atoms with E-state index in [0.29, 0.717) is 31.2 Å². The van der Waals surface area contributed by atoms with Crippen molar-refractivity contribution >= 4 is 17.3 Å². The molecule has 0 N–H and O–H groups in total. The quantitative estimate of drug-likeness (QED) is 0.629. The van der Waals surface area contributed by atoms with E-state index in [9.17, 15) is 14.9 Å². The lowest BCUT2D eigenvalue weighted by molar-refractivity contribution is -0.385. The van der Waals surface area contributed by atoms with Gasteiger partial charge in [-0.2, -0.15) is 0 Å². The van der Waals surface area contributed by atoms with Crippen LogP contribution in [-0.4, -0.2) is 30.6 Å². The summed E-state index contributed by atoms with van der Waals surface area (Å²) in [5.74, 6) is 0.481. The standard InChI is InChI=1S/C18H18N2O5/c1-3-24-17-7-5-13(11-15(17)20(22)23)18(21)19-8-9-25-16-6-4-12(2)10-14(16)19/h4-7,10-11H,3,8-9H2,1-2H3. The Morgan fingerprint density at radius 3 is 2.84 bits per heavy atom. The van der Waals surface area contributed by atoms with Crippen molar-refractivity contribution in [2.45, 2.75) is 13.8 Å². The molecule has 7 nitrogen and oxygen atoms in total. The smallest absolute Gasteiger partial charge is 0.311 e. The largest absolute Gasteiger partial charge is 0.490 e. The maximum absolute atomic E-state index is 12.9. The molecule has 0 saturated heterocycles. The van der Waals surface area contributed by atoms with Crippen molar-refractivity contribution in [3.8, 4) is 11.5 Å². The summed E-state index contributed by atoms with van der Waals surface area (Å²) >= 11 is 0. The molecule has 0 unspecified atom stereocenters. The minimum absolute atomic E-state index is 0.155. The number of aryl methyl sites for hydroxylation is 1. The van der Waals surface area contributed by atoms with Gasteiger partial charge < -0.3 is 14.4 Å². The number of nitro benzene ring substituents is 1. The fourth-order valence-electron chi connectivity index (χ4n) is 2.77. The number of carbonyl (C=O) groups excluding carboxylic acids is 1. The number of amides is 1. The summed E-state index contributed by atoms with van der Waals surface area (Å²) in [6.07, 6.45) is 0. The van der Waals surface area contributed by atoms with Crippen LogP contribution in [0, 0.1) is 17.0 Å². The molecular formula is C18H18N2O5. The molecule has 0 bridgehead atoms. The number of fused-ring (bicyclic) bond motifs is 1. The van der Waals surface area contributed by atoms with Crippen LogP contribution in [0.2, 0.25) is 0 Å². The number of hydrogen-bond donors (Lipinski definition) is 0. The second-order valence-electron chi connectivity index (χ2n) is 5.65. The van der Waals surface area contributed by atoms with E-state index in [-0.39, 0.29) is 22.9 Å². The molecule has 1 aliphatic heterocycles. The summed E-state index contributed by atoms with van der Waals surface area (Å²) in [6, 6.07) is 9.88. The SMILES string of the molecule is CCOc1ccc(C(=O)N2CCOc3ccc(C)cc32)cc1[N+](=O)[O-]. The third kappa shape index (κ3) is 3.26. The maximum Gasteiger partial charge on any atom is 0.311 e. The zero-order valence-electron chi connectivity index (χ0n) is 14.0. The maximum atomic E-state index is 12.9. The molecule has 0 atom stereocenters. The highest BCUT2D eigenvalue weighted by atomic mass is 16.6. The molecular weight excluding hydrogens is 324 g/mol. The second-order valence-corrected chi connectivity index (χ2v) is 5.65. The van der Waals surface area contributed by atoms with Gasteiger partial charge in [0.25, 0.3) is 5.91 Å². The van der Waals surface area contributed by atoms with E-state index in [1.165, 1.54) is 12.1 Å². The first-order valence-electron chi connectivity index (χ1n) is 7.98. The topological polar surface area (TPSA) is 81.9 Å². The van der Waals surface area contributed by atoms with Crippen molar-refractivity contribution in [2.24, 2.45) is 0 Å². The molecule has 2 aromatic carbocycles. The van der Waals surface area contributed by atoms with Gasteiger partial charge in [-0.05, 0) is 43.7 Å². The summed E-state index contributed by atoms with van der Waals surface area (Å²) in [6.45, 7) is 4.75. The van der Waals surface area contributed by atoms with Gasteiger partial charge in [0.15, 0.2) is 5.75 Å². The van der Waals surface area contributed by atoms with Crippen LogP contribution >= 0.6 is 0 Å². The minimum atomic E-state index is -0.542. The van der Waals surface area contributed by atoms with Crippen LogP contribution < -0.4 is 14.4 Å². The lowest BCUT2D eigenvalue weighted by atomic mass is 10.1. The number of nitrogens with zero attached hydrogens (tertiary/aromatic N) is 2. The van der Waals surface area contributed by atoms with Crippen molar-refractivity contribution in [3.63, 3.8) is 0 Å². The third-order valence-electron chi connectivity index (χ3n) is 3.93. The Hall–Kier alpha value is -3.09. The van der Waals surface area contributed by atoms with Crippen LogP contribution in [0.1, 0.15) is 22.8 Å². The first kappa shape index (κ1) is 16.8. The van der Waals surface area contributed by atoms with Crippen molar-refractivity contribution < 1.29 is 19.2 Å². The van der Waals surface area contributed by atoms with Gasteiger partial charge >= 0.3 is 5.69 Å². The van der Waals surface area contributed by atoms with Crippen LogP contribution in [0.15, 0.2) is 36.4 Å². The number of carbonyl (C=O) groups is 1. The molecule has 1 amide bonds. The van der Waals surface area contributed by atoms with Gasteiger partial charge in [-0.3, -0.25) is 14.9 Å². The molecule has 0 spiro atoms. The van der Waals surface area contributed by atoms with E-state index in [1.807, 2.05) is 25.1 Å². The van der Waals surface area contributed by atoms with E-state index in [1.54, 1.807) is 17.9 Å². The summed E-state index contributed by atoms with van der Waals surface area (Å²) < 4.78 is 10.8. The second kappa shape index (κ2) is 6.80. The normalized spacial score (nSPS) is 13.0. The van der Waals surface area contributed by atoms with E-state index < -0.39 is 4.92 Å². The average Bonchev–Trinajstić information content (AvgIpc) is 2.61. The van der Waals surface area contributed by atoms with Crippen molar-refractivity contribution in [1.29, 1.82) is 0 Å². The van der Waals surface area contributed by atoms with Gasteiger partial charge in [-0.1, -0.05) is 6.07 Å². The first-order chi connectivity index (χ1) is 12.0. The summed E-state index contributed by atoms with van der Waals surface area (Å²) in [5, 5.41) is 11.3. The molecule has 0 aromatic heterocycles. The third-order valence-corrected chi connectivity index (χ3v) is 3.93. The monoisotopic (exact) mass is 342 g/mol. The molecule has 25 heavy (non-hydrogen) atoms. The van der Waals surface area contributed by atoms with E-state index >= 15 is 0 Å². The van der Waals surface area contributed by atoms with Gasteiger partial charge in [0.05, 0.1) is 23.8 Å². The molecule has 0 aliphatic carbocycles. The van der Waals surface area contributed by atoms with Crippen molar-refractivity contribution in [1.82, 2.24) is 0 Å². The van der Waals surface area contributed by atoms with Crippen molar-refractivity contribution in [3.05, 3.63) is 57.6 Å². The van der Waals surface area contributed by atoms with Crippen LogP contribution in [0.3, 0.4) is 0 Å². The Morgan fingerprint density at radius 1 is 1.32 bits per heavy atom. The number of ether oxygens (including phenoxy) is 2. The van der Waals surface area contributed by atoms with Gasteiger partial charge in [-0.25, -0.2) is 0 Å². The first-order valence-corrected chi connectivity index (χ1v) is 7.98. The van der Waals surface area contributed by atoms with Crippen LogP contribution in [-0.2, 0) is 0 Å². The molecule has 1 aliphatic rings. The lowest BCUT2D eigenvalue weighted by Gasteiger charge is -2.30.